The van der Waals surface area contributed by atoms with Crippen LogP contribution < -0.4 is 10.1 Å². The largest absolute Gasteiger partial charge is 0.492 e. The van der Waals surface area contributed by atoms with E-state index in [1.165, 1.54) is 16.7 Å². The van der Waals surface area contributed by atoms with Crippen molar-refractivity contribution in [1.82, 2.24) is 5.32 Å². The van der Waals surface area contributed by atoms with E-state index in [9.17, 15) is 0 Å². The van der Waals surface area contributed by atoms with Crippen LogP contribution in [0, 0.1) is 20.8 Å². The molecular formula is C13H20BrNO2. The van der Waals surface area contributed by atoms with Crippen molar-refractivity contribution >= 4 is 15.9 Å². The number of ether oxygens (including phenoxy) is 1. The third-order valence-corrected chi connectivity index (χ3v) is 4.00. The first-order chi connectivity index (χ1) is 8.07. The lowest BCUT2D eigenvalue weighted by atomic mass is 10.1. The third-order valence-electron chi connectivity index (χ3n) is 2.78. The number of hydrogen-bond donors (Lipinski definition) is 2. The van der Waals surface area contributed by atoms with E-state index in [0.717, 1.165) is 16.8 Å². The fraction of sp³-hybridized carbons (Fsp3) is 0.538. The Morgan fingerprint density at radius 3 is 2.59 bits per heavy atom. The highest BCUT2D eigenvalue weighted by Crippen LogP contribution is 2.31. The Bertz CT molecular complexity index is 380. The molecule has 0 aliphatic rings. The SMILES string of the molecule is Cc1cc(OCCNCCO)c(C)c(C)c1Br. The highest BCUT2D eigenvalue weighted by Gasteiger charge is 2.08. The minimum Gasteiger partial charge on any atom is -0.492 e. The van der Waals surface area contributed by atoms with Crippen molar-refractivity contribution < 1.29 is 9.84 Å². The van der Waals surface area contributed by atoms with E-state index in [4.69, 9.17) is 9.84 Å². The zero-order chi connectivity index (χ0) is 12.8. The smallest absolute Gasteiger partial charge is 0.122 e. The van der Waals surface area contributed by atoms with E-state index in [1.54, 1.807) is 0 Å². The van der Waals surface area contributed by atoms with Crippen LogP contribution in [0.15, 0.2) is 10.5 Å². The molecule has 4 heteroatoms. The summed E-state index contributed by atoms with van der Waals surface area (Å²) in [6, 6.07) is 2.05. The molecule has 0 aromatic heterocycles. The Hall–Kier alpha value is -0.580. The summed E-state index contributed by atoms with van der Waals surface area (Å²) in [5.41, 5.74) is 3.58. The monoisotopic (exact) mass is 301 g/mol. The molecule has 0 radical (unpaired) electrons. The molecule has 17 heavy (non-hydrogen) atoms. The molecule has 0 bridgehead atoms. The summed E-state index contributed by atoms with van der Waals surface area (Å²) in [4.78, 5) is 0. The van der Waals surface area contributed by atoms with Gasteiger partial charge in [0, 0.05) is 17.6 Å². The molecule has 0 unspecified atom stereocenters. The van der Waals surface area contributed by atoms with E-state index in [-0.39, 0.29) is 6.61 Å². The topological polar surface area (TPSA) is 41.5 Å². The number of aryl methyl sites for hydroxylation is 1. The van der Waals surface area contributed by atoms with Gasteiger partial charge in [0.2, 0.25) is 0 Å². The van der Waals surface area contributed by atoms with Gasteiger partial charge in [0.1, 0.15) is 12.4 Å². The first-order valence-corrected chi connectivity index (χ1v) is 6.58. The molecule has 0 amide bonds. The van der Waals surface area contributed by atoms with E-state index in [0.29, 0.717) is 13.2 Å². The molecule has 0 spiro atoms. The van der Waals surface area contributed by atoms with Gasteiger partial charge >= 0.3 is 0 Å². The Kier molecular flexibility index (Phi) is 5.95. The number of benzene rings is 1. The standard InChI is InChI=1S/C13H20BrNO2/c1-9-8-12(10(2)11(3)13(9)14)17-7-5-15-4-6-16/h8,15-16H,4-7H2,1-3H3. The molecule has 0 heterocycles. The Labute approximate surface area is 111 Å². The molecule has 0 fully saturated rings. The maximum absolute atomic E-state index is 8.62. The lowest BCUT2D eigenvalue weighted by Gasteiger charge is -2.14. The van der Waals surface area contributed by atoms with Gasteiger partial charge in [-0.2, -0.15) is 0 Å². The molecule has 3 nitrogen and oxygen atoms in total. The van der Waals surface area contributed by atoms with Gasteiger partial charge < -0.3 is 15.2 Å². The van der Waals surface area contributed by atoms with Crippen LogP contribution >= 0.6 is 15.9 Å². The summed E-state index contributed by atoms with van der Waals surface area (Å²) in [6.45, 7) is 8.35. The predicted molar refractivity (Wildman–Crippen MR) is 73.8 cm³/mol. The van der Waals surface area contributed by atoms with Crippen LogP contribution in [0.2, 0.25) is 0 Å². The van der Waals surface area contributed by atoms with Crippen molar-refractivity contribution in [2.75, 3.05) is 26.3 Å². The van der Waals surface area contributed by atoms with E-state index >= 15 is 0 Å². The maximum atomic E-state index is 8.62. The second-order valence-corrected chi connectivity index (χ2v) is 4.87. The number of halogens is 1. The zero-order valence-corrected chi connectivity index (χ0v) is 12.2. The van der Waals surface area contributed by atoms with Crippen LogP contribution in [0.3, 0.4) is 0 Å². The fourth-order valence-electron chi connectivity index (χ4n) is 1.60. The molecule has 0 aliphatic heterocycles. The molecule has 2 N–H and O–H groups in total. The van der Waals surface area contributed by atoms with Crippen molar-refractivity contribution in [3.8, 4) is 5.75 Å². The molecule has 96 valence electrons. The van der Waals surface area contributed by atoms with Gasteiger partial charge in [-0.05, 0) is 43.5 Å². The molecule has 0 saturated heterocycles. The first-order valence-electron chi connectivity index (χ1n) is 5.78. The second-order valence-electron chi connectivity index (χ2n) is 4.08. The van der Waals surface area contributed by atoms with Crippen molar-refractivity contribution in [3.63, 3.8) is 0 Å². The highest BCUT2D eigenvalue weighted by molar-refractivity contribution is 9.10. The Morgan fingerprint density at radius 1 is 1.24 bits per heavy atom. The summed E-state index contributed by atoms with van der Waals surface area (Å²) in [5.74, 6) is 0.939. The molecule has 1 aromatic carbocycles. The first kappa shape index (κ1) is 14.5. The Morgan fingerprint density at radius 2 is 1.94 bits per heavy atom. The number of rotatable bonds is 6. The van der Waals surface area contributed by atoms with E-state index in [2.05, 4.69) is 48.1 Å². The molecule has 1 rings (SSSR count). The predicted octanol–water partition coefficient (Wildman–Crippen LogP) is 2.34. The molecular weight excluding hydrogens is 282 g/mol. The summed E-state index contributed by atoms with van der Waals surface area (Å²) in [5, 5.41) is 11.7. The van der Waals surface area contributed by atoms with Crippen LogP contribution in [0.5, 0.6) is 5.75 Å². The average molecular weight is 302 g/mol. The molecule has 1 aromatic rings. The number of nitrogens with one attached hydrogen (secondary N) is 1. The minimum absolute atomic E-state index is 0.162. The lowest BCUT2D eigenvalue weighted by molar-refractivity contribution is 0.275. The summed E-state index contributed by atoms with van der Waals surface area (Å²) >= 11 is 3.57. The van der Waals surface area contributed by atoms with Crippen LogP contribution in [0.1, 0.15) is 16.7 Å². The van der Waals surface area contributed by atoms with Crippen LogP contribution in [-0.4, -0.2) is 31.4 Å². The van der Waals surface area contributed by atoms with E-state index in [1.807, 2.05) is 0 Å². The minimum atomic E-state index is 0.162. The second kappa shape index (κ2) is 6.99. The van der Waals surface area contributed by atoms with Crippen molar-refractivity contribution in [2.45, 2.75) is 20.8 Å². The van der Waals surface area contributed by atoms with Gasteiger partial charge in [0.25, 0.3) is 0 Å². The van der Waals surface area contributed by atoms with Gasteiger partial charge in [-0.3, -0.25) is 0 Å². The van der Waals surface area contributed by atoms with Gasteiger partial charge in [-0.25, -0.2) is 0 Å². The van der Waals surface area contributed by atoms with Crippen molar-refractivity contribution in [2.24, 2.45) is 0 Å². The summed E-state index contributed by atoms with van der Waals surface area (Å²) in [6.07, 6.45) is 0. The third kappa shape index (κ3) is 3.98. The van der Waals surface area contributed by atoms with Crippen LogP contribution in [0.25, 0.3) is 0 Å². The van der Waals surface area contributed by atoms with Gasteiger partial charge in [0.05, 0.1) is 6.61 Å². The highest BCUT2D eigenvalue weighted by atomic mass is 79.9. The number of aliphatic hydroxyl groups is 1. The van der Waals surface area contributed by atoms with Crippen LogP contribution in [0.4, 0.5) is 0 Å². The molecule has 0 saturated carbocycles. The average Bonchev–Trinajstić information content (AvgIpc) is 2.32. The van der Waals surface area contributed by atoms with Gasteiger partial charge in [-0.15, -0.1) is 0 Å². The van der Waals surface area contributed by atoms with Gasteiger partial charge in [-0.1, -0.05) is 15.9 Å². The van der Waals surface area contributed by atoms with Crippen LogP contribution in [-0.2, 0) is 0 Å². The van der Waals surface area contributed by atoms with Gasteiger partial charge in [0.15, 0.2) is 0 Å². The summed E-state index contributed by atoms with van der Waals surface area (Å²) < 4.78 is 6.89. The molecule has 0 aliphatic carbocycles. The number of aliphatic hydroxyl groups excluding tert-OH is 1. The fourth-order valence-corrected chi connectivity index (χ4v) is 2.01. The van der Waals surface area contributed by atoms with Crippen molar-refractivity contribution in [3.05, 3.63) is 27.2 Å². The van der Waals surface area contributed by atoms with Crippen molar-refractivity contribution in [1.29, 1.82) is 0 Å². The van der Waals surface area contributed by atoms with E-state index < -0.39 is 0 Å². The Balaban J connectivity index is 2.60. The number of hydrogen-bond acceptors (Lipinski definition) is 3. The zero-order valence-electron chi connectivity index (χ0n) is 10.6. The summed E-state index contributed by atoms with van der Waals surface area (Å²) in [7, 11) is 0. The quantitative estimate of drug-likeness (QED) is 0.793. The maximum Gasteiger partial charge on any atom is 0.122 e. The molecule has 0 atom stereocenters. The lowest BCUT2D eigenvalue weighted by Crippen LogP contribution is -2.24. The normalized spacial score (nSPS) is 10.6.